The van der Waals surface area contributed by atoms with Gasteiger partial charge in [-0.1, -0.05) is 19.6 Å². The molecule has 0 atom stereocenters. The maximum atomic E-state index is 11.2. The van der Waals surface area contributed by atoms with Crippen molar-refractivity contribution in [1.82, 2.24) is 14.5 Å². The van der Waals surface area contributed by atoms with E-state index in [0.29, 0.717) is 24.5 Å². The molecule has 0 aliphatic heterocycles. The Bertz CT molecular complexity index is 619. The second-order valence-corrected chi connectivity index (χ2v) is 11.5. The first-order chi connectivity index (χ1) is 9.38. The van der Waals surface area contributed by atoms with Crippen molar-refractivity contribution in [1.29, 1.82) is 0 Å². The molecule has 0 amide bonds. The van der Waals surface area contributed by atoms with Crippen LogP contribution in [0.2, 0.25) is 25.7 Å². The summed E-state index contributed by atoms with van der Waals surface area (Å²) in [7, 11) is -1.12. The van der Waals surface area contributed by atoms with Crippen LogP contribution in [0.25, 0.3) is 11.2 Å². The topological polar surface area (TPSA) is 77.2 Å². The molecular weight excluding hydrogens is 274 g/mol. The minimum absolute atomic E-state index is 0.155. The summed E-state index contributed by atoms with van der Waals surface area (Å²) >= 11 is 0. The number of hydrogen-bond donors (Lipinski definition) is 1. The van der Waals surface area contributed by atoms with Crippen molar-refractivity contribution in [2.45, 2.75) is 32.4 Å². The Kier molecular flexibility index (Phi) is 4.19. The predicted molar refractivity (Wildman–Crippen MR) is 78.6 cm³/mol. The van der Waals surface area contributed by atoms with Gasteiger partial charge in [0, 0.05) is 33.3 Å². The van der Waals surface area contributed by atoms with Crippen LogP contribution in [-0.4, -0.2) is 40.3 Å². The first-order valence-corrected chi connectivity index (χ1v) is 10.2. The normalized spacial score (nSPS) is 11.9. The molecule has 2 aromatic heterocycles. The Balaban J connectivity index is 2.12. The molecule has 0 saturated heterocycles. The molecule has 2 heterocycles. The molecule has 7 heteroatoms. The Morgan fingerprint density at radius 1 is 1.35 bits per heavy atom. The van der Waals surface area contributed by atoms with Gasteiger partial charge in [-0.05, 0) is 6.04 Å². The van der Waals surface area contributed by atoms with Gasteiger partial charge in [-0.25, -0.2) is 9.78 Å². The lowest BCUT2D eigenvalue weighted by molar-refractivity contribution is 0.0696. The monoisotopic (exact) mass is 293 g/mol. The van der Waals surface area contributed by atoms with Crippen LogP contribution in [0, 0.1) is 0 Å². The van der Waals surface area contributed by atoms with Crippen LogP contribution < -0.4 is 0 Å². The molecule has 108 valence electrons. The summed E-state index contributed by atoms with van der Waals surface area (Å²) in [4.78, 5) is 19.4. The maximum absolute atomic E-state index is 11.2. The van der Waals surface area contributed by atoms with E-state index in [4.69, 9.17) is 9.84 Å². The number of carboxylic acids is 1. The van der Waals surface area contributed by atoms with Gasteiger partial charge in [-0.3, -0.25) is 4.98 Å². The third-order valence-electron chi connectivity index (χ3n) is 2.95. The minimum Gasteiger partial charge on any atom is -0.478 e. The van der Waals surface area contributed by atoms with E-state index < -0.39 is 14.0 Å². The number of aromatic nitrogens is 3. The van der Waals surface area contributed by atoms with E-state index in [0.717, 1.165) is 6.04 Å². The Labute approximate surface area is 118 Å². The summed E-state index contributed by atoms with van der Waals surface area (Å²) in [5.74, 6) is -1.00. The number of carboxylic acid groups (broad SMARTS) is 1. The number of hydrogen-bond acceptors (Lipinski definition) is 4. The van der Waals surface area contributed by atoms with Gasteiger partial charge in [-0.15, -0.1) is 0 Å². The molecule has 0 aromatic carbocycles. The molecule has 2 rings (SSSR count). The number of nitrogens with zero attached hydrogens (tertiary/aromatic N) is 3. The molecule has 0 bridgehead atoms. The van der Waals surface area contributed by atoms with Crippen molar-refractivity contribution in [3.8, 4) is 0 Å². The van der Waals surface area contributed by atoms with Crippen molar-refractivity contribution >= 4 is 25.2 Å². The highest BCUT2D eigenvalue weighted by Gasteiger charge is 2.16. The first kappa shape index (κ1) is 14.7. The van der Waals surface area contributed by atoms with Crippen molar-refractivity contribution in [3.05, 3.63) is 24.2 Å². The molecule has 0 saturated carbocycles. The van der Waals surface area contributed by atoms with Crippen LogP contribution in [0.15, 0.2) is 18.6 Å². The third kappa shape index (κ3) is 3.43. The second-order valence-electron chi connectivity index (χ2n) is 5.89. The average Bonchev–Trinajstić information content (AvgIpc) is 2.73. The SMILES string of the molecule is C[Si](C)(C)CCOCn1cc(C(=O)O)c2nccnc21. The van der Waals surface area contributed by atoms with Gasteiger partial charge in [0.05, 0.1) is 0 Å². The quantitative estimate of drug-likeness (QED) is 0.654. The van der Waals surface area contributed by atoms with Crippen LogP contribution in [0.5, 0.6) is 0 Å². The summed E-state index contributed by atoms with van der Waals surface area (Å²) in [6.07, 6.45) is 4.57. The predicted octanol–water partition coefficient (Wildman–Crippen LogP) is 2.44. The van der Waals surface area contributed by atoms with E-state index in [1.54, 1.807) is 10.8 Å². The Morgan fingerprint density at radius 3 is 2.70 bits per heavy atom. The van der Waals surface area contributed by atoms with E-state index in [1.165, 1.54) is 12.4 Å². The fourth-order valence-electron chi connectivity index (χ4n) is 1.81. The lowest BCUT2D eigenvalue weighted by Crippen LogP contribution is -2.22. The standard InChI is InChI=1S/C13H19N3O3Si/c1-20(2,3)7-6-19-9-16-8-10(13(17)18)11-12(16)15-5-4-14-11/h4-5,8H,6-7,9H2,1-3H3,(H,17,18). The lowest BCUT2D eigenvalue weighted by atomic mass is 10.3. The highest BCUT2D eigenvalue weighted by molar-refractivity contribution is 6.76. The summed E-state index contributed by atoms with van der Waals surface area (Å²) < 4.78 is 7.32. The average molecular weight is 293 g/mol. The number of ether oxygens (including phenoxy) is 1. The fraction of sp³-hybridized carbons (Fsp3) is 0.462. The summed E-state index contributed by atoms with van der Waals surface area (Å²) in [5, 5.41) is 9.16. The van der Waals surface area contributed by atoms with Crippen LogP contribution in [0.1, 0.15) is 10.4 Å². The highest BCUT2D eigenvalue weighted by atomic mass is 28.3. The van der Waals surface area contributed by atoms with Gasteiger partial charge in [0.25, 0.3) is 0 Å². The zero-order chi connectivity index (χ0) is 14.8. The van der Waals surface area contributed by atoms with Gasteiger partial charge in [-0.2, -0.15) is 0 Å². The van der Waals surface area contributed by atoms with Crippen molar-refractivity contribution in [2.24, 2.45) is 0 Å². The zero-order valence-electron chi connectivity index (χ0n) is 12.0. The van der Waals surface area contributed by atoms with E-state index >= 15 is 0 Å². The van der Waals surface area contributed by atoms with E-state index in [9.17, 15) is 4.79 Å². The minimum atomic E-state index is -1.12. The summed E-state index contributed by atoms with van der Waals surface area (Å²) in [6, 6.07) is 1.07. The van der Waals surface area contributed by atoms with Gasteiger partial charge in [0.2, 0.25) is 0 Å². The number of carbonyl (C=O) groups is 1. The zero-order valence-corrected chi connectivity index (χ0v) is 13.0. The highest BCUT2D eigenvalue weighted by Crippen LogP contribution is 2.17. The maximum Gasteiger partial charge on any atom is 0.339 e. The summed E-state index contributed by atoms with van der Waals surface area (Å²) in [5.41, 5.74) is 1.09. The van der Waals surface area contributed by atoms with Gasteiger partial charge in [0.15, 0.2) is 5.65 Å². The van der Waals surface area contributed by atoms with E-state index in [1.807, 2.05) is 0 Å². The molecule has 6 nitrogen and oxygen atoms in total. The third-order valence-corrected chi connectivity index (χ3v) is 4.65. The number of aromatic carboxylic acids is 1. The van der Waals surface area contributed by atoms with Crippen LogP contribution >= 0.6 is 0 Å². The molecule has 0 fully saturated rings. The Morgan fingerprint density at radius 2 is 2.05 bits per heavy atom. The molecule has 1 N–H and O–H groups in total. The number of rotatable bonds is 6. The largest absolute Gasteiger partial charge is 0.478 e. The van der Waals surface area contributed by atoms with E-state index in [-0.39, 0.29) is 5.56 Å². The smallest absolute Gasteiger partial charge is 0.339 e. The van der Waals surface area contributed by atoms with E-state index in [2.05, 4.69) is 29.6 Å². The Hall–Kier alpha value is -1.73. The molecule has 0 aliphatic carbocycles. The molecule has 0 spiro atoms. The molecular formula is C13H19N3O3Si. The second kappa shape index (κ2) is 5.72. The molecule has 0 aliphatic rings. The van der Waals surface area contributed by atoms with Gasteiger partial charge in [0.1, 0.15) is 17.8 Å². The molecule has 0 radical (unpaired) electrons. The van der Waals surface area contributed by atoms with Crippen molar-refractivity contribution < 1.29 is 14.6 Å². The van der Waals surface area contributed by atoms with Gasteiger partial charge < -0.3 is 14.4 Å². The lowest BCUT2D eigenvalue weighted by Gasteiger charge is -2.15. The number of fused-ring (bicyclic) bond motifs is 1. The molecule has 2 aromatic rings. The van der Waals surface area contributed by atoms with Gasteiger partial charge >= 0.3 is 5.97 Å². The molecule has 20 heavy (non-hydrogen) atoms. The van der Waals surface area contributed by atoms with Crippen LogP contribution in [-0.2, 0) is 11.5 Å². The van der Waals surface area contributed by atoms with Crippen molar-refractivity contribution in [2.75, 3.05) is 6.61 Å². The van der Waals surface area contributed by atoms with Crippen molar-refractivity contribution in [3.63, 3.8) is 0 Å². The van der Waals surface area contributed by atoms with Crippen LogP contribution in [0.3, 0.4) is 0 Å². The fourth-order valence-corrected chi connectivity index (χ4v) is 2.56. The summed E-state index contributed by atoms with van der Waals surface area (Å²) in [6.45, 7) is 7.84. The first-order valence-electron chi connectivity index (χ1n) is 6.49. The molecule has 0 unspecified atom stereocenters. The van der Waals surface area contributed by atoms with Crippen LogP contribution in [0.4, 0.5) is 0 Å².